The van der Waals surface area contributed by atoms with Crippen LogP contribution in [0.4, 0.5) is 0 Å². The molecule has 4 N–H and O–H groups in total. The van der Waals surface area contributed by atoms with Crippen molar-refractivity contribution in [2.24, 2.45) is 0 Å². The normalized spacial score (nSPS) is 17.4. The molecule has 0 bridgehead atoms. The molecule has 2 aliphatic rings. The van der Waals surface area contributed by atoms with E-state index in [9.17, 15) is 0 Å². The van der Waals surface area contributed by atoms with Crippen molar-refractivity contribution in [3.8, 4) is 33.6 Å². The second-order valence-electron chi connectivity index (χ2n) is 13.9. The number of nitrogens with one attached hydrogen (secondary N) is 4. The van der Waals surface area contributed by atoms with E-state index >= 15 is 0 Å². The smallest absolute Gasteiger partial charge is 0.0945 e. The Morgan fingerprint density at radius 2 is 0.759 bits per heavy atom. The quantitative estimate of drug-likeness (QED) is 0.128. The molecule has 11 rings (SSSR count). The second kappa shape index (κ2) is 13.2. The molecule has 7 aromatic carbocycles. The monoisotopic (exact) mass is 736 g/mol. The van der Waals surface area contributed by atoms with Crippen LogP contribution in [0.5, 0.6) is 0 Å². The van der Waals surface area contributed by atoms with Crippen molar-refractivity contribution < 1.29 is 0 Å². The molecule has 0 aliphatic carbocycles. The highest BCUT2D eigenvalue weighted by Gasteiger charge is 2.21. The topological polar surface area (TPSA) is 58.0 Å². The van der Waals surface area contributed by atoms with E-state index in [2.05, 4.69) is 187 Å². The fourth-order valence-corrected chi connectivity index (χ4v) is 9.94. The molecule has 2 aliphatic heterocycles. The lowest BCUT2D eigenvalue weighted by Gasteiger charge is -2.12. The van der Waals surface area contributed by atoms with Crippen molar-refractivity contribution >= 4 is 67.5 Å². The van der Waals surface area contributed by atoms with Gasteiger partial charge in [-0.25, -0.2) is 9.44 Å². The summed E-state index contributed by atoms with van der Waals surface area (Å²) in [5.74, 6) is 0. The maximum absolute atomic E-state index is 3.47. The van der Waals surface area contributed by atoms with Gasteiger partial charge in [-0.2, -0.15) is 0 Å². The number of rotatable bonds is 6. The number of fused-ring (bicyclic) bond motifs is 7. The first-order valence-electron chi connectivity index (χ1n) is 18.4. The summed E-state index contributed by atoms with van der Waals surface area (Å²) in [5, 5.41) is 12.6. The van der Waals surface area contributed by atoms with Gasteiger partial charge in [0.15, 0.2) is 0 Å². The Hall–Kier alpha value is -5.32. The molecule has 0 radical (unpaired) electrons. The van der Waals surface area contributed by atoms with E-state index < -0.39 is 0 Å². The number of nitrogens with zero attached hydrogens (tertiary/aromatic N) is 2. The van der Waals surface area contributed by atoms with E-state index in [0.717, 1.165) is 24.7 Å². The standard InChI is InChI=1S/C46H36N6S2/c1-3-7-39-37(5-1)43-41(51(39)35-21-17-31(18-22-35)29-9-13-33(14-10-29)45-47-27-49-53-45)25-26-42-44(43)38-6-2-4-8-40(38)52(42)36-23-19-32(20-24-36)30-11-15-34(16-12-30)46-48-28-50-54-46/h1-26,45-50H,27-28H2. The van der Waals surface area contributed by atoms with Crippen LogP contribution in [0.2, 0.25) is 0 Å². The van der Waals surface area contributed by atoms with Crippen LogP contribution in [0.3, 0.4) is 0 Å². The largest absolute Gasteiger partial charge is 0.309 e. The van der Waals surface area contributed by atoms with Crippen molar-refractivity contribution in [3.05, 3.63) is 169 Å². The van der Waals surface area contributed by atoms with Gasteiger partial charge in [0.1, 0.15) is 0 Å². The second-order valence-corrected chi connectivity index (χ2v) is 15.9. The van der Waals surface area contributed by atoms with Gasteiger partial charge in [0.2, 0.25) is 0 Å². The van der Waals surface area contributed by atoms with Crippen molar-refractivity contribution in [3.63, 3.8) is 0 Å². The van der Waals surface area contributed by atoms with Crippen LogP contribution in [0.15, 0.2) is 158 Å². The van der Waals surface area contributed by atoms with Gasteiger partial charge in [0, 0.05) is 32.9 Å². The summed E-state index contributed by atoms with van der Waals surface area (Å²) in [6, 6.07) is 58.2. The SMILES string of the molecule is c1ccc2c(c1)c1c3c4ccccc4n(-c4ccc(-c5ccc(C6NCNS6)cc5)cc4)c3ccc1n2-c1ccc(-c2ccc(C3NCNS3)cc2)cc1. The fourth-order valence-electron chi connectivity index (χ4n) is 8.36. The van der Waals surface area contributed by atoms with Gasteiger partial charge in [-0.15, -0.1) is 0 Å². The predicted molar refractivity (Wildman–Crippen MR) is 229 cm³/mol. The van der Waals surface area contributed by atoms with Gasteiger partial charge >= 0.3 is 0 Å². The number of hydrogen-bond acceptors (Lipinski definition) is 6. The summed E-state index contributed by atoms with van der Waals surface area (Å²) in [7, 11) is 0. The molecular formula is C46H36N6S2. The molecule has 2 fully saturated rings. The van der Waals surface area contributed by atoms with E-state index in [0.29, 0.717) is 10.7 Å². The number of hydrogen-bond donors (Lipinski definition) is 4. The van der Waals surface area contributed by atoms with Crippen molar-refractivity contribution in [2.45, 2.75) is 10.7 Å². The lowest BCUT2D eigenvalue weighted by molar-refractivity contribution is 0.718. The van der Waals surface area contributed by atoms with Gasteiger partial charge in [0.25, 0.3) is 0 Å². The van der Waals surface area contributed by atoms with E-state index in [-0.39, 0.29) is 0 Å². The number of para-hydroxylation sites is 2. The average Bonchev–Trinajstić information content (AvgIpc) is 4.07. The van der Waals surface area contributed by atoms with Gasteiger partial charge in [-0.3, -0.25) is 10.6 Å². The van der Waals surface area contributed by atoms with Gasteiger partial charge in [-0.05, 0) is 81.9 Å². The molecule has 2 atom stereocenters. The van der Waals surface area contributed by atoms with Gasteiger partial charge in [-0.1, -0.05) is 133 Å². The Labute approximate surface area is 321 Å². The molecule has 2 saturated heterocycles. The van der Waals surface area contributed by atoms with Gasteiger partial charge < -0.3 is 9.13 Å². The van der Waals surface area contributed by atoms with E-state index in [1.54, 1.807) is 23.9 Å². The highest BCUT2D eigenvalue weighted by Crippen LogP contribution is 2.43. The van der Waals surface area contributed by atoms with Crippen LogP contribution >= 0.6 is 23.9 Å². The zero-order chi connectivity index (χ0) is 35.6. The summed E-state index contributed by atoms with van der Waals surface area (Å²) < 4.78 is 11.5. The van der Waals surface area contributed by atoms with Gasteiger partial charge in [0.05, 0.1) is 46.2 Å². The Bertz CT molecular complexity index is 2610. The molecular weight excluding hydrogens is 701 g/mol. The van der Waals surface area contributed by atoms with Crippen LogP contribution < -0.4 is 20.1 Å². The predicted octanol–water partition coefficient (Wildman–Crippen LogP) is 10.8. The third-order valence-electron chi connectivity index (χ3n) is 10.9. The summed E-state index contributed by atoms with van der Waals surface area (Å²) in [6.45, 7) is 1.66. The van der Waals surface area contributed by atoms with Crippen LogP contribution in [0.1, 0.15) is 21.9 Å². The van der Waals surface area contributed by atoms with Crippen LogP contribution in [0.25, 0.3) is 77.2 Å². The zero-order valence-corrected chi connectivity index (χ0v) is 30.9. The third-order valence-corrected chi connectivity index (χ3v) is 12.9. The molecule has 6 nitrogen and oxygen atoms in total. The summed E-state index contributed by atoms with van der Waals surface area (Å²) >= 11 is 3.47. The Balaban J connectivity index is 1.00. The molecule has 2 unspecified atom stereocenters. The molecule has 262 valence electrons. The minimum atomic E-state index is 0.295. The lowest BCUT2D eigenvalue weighted by atomic mass is 10.0. The third kappa shape index (κ3) is 5.29. The lowest BCUT2D eigenvalue weighted by Crippen LogP contribution is -2.14. The van der Waals surface area contributed by atoms with E-state index in [4.69, 9.17) is 0 Å². The van der Waals surface area contributed by atoms with Crippen molar-refractivity contribution in [2.75, 3.05) is 13.3 Å². The molecule has 0 amide bonds. The first-order chi connectivity index (χ1) is 26.8. The fraction of sp³-hybridized carbons (Fsp3) is 0.0870. The first kappa shape index (κ1) is 32.1. The summed E-state index contributed by atoms with van der Waals surface area (Å²) in [5.41, 5.74) is 14.6. The highest BCUT2D eigenvalue weighted by atomic mass is 32.2. The number of aromatic nitrogens is 2. The summed E-state index contributed by atoms with van der Waals surface area (Å²) in [6.07, 6.45) is 0. The van der Waals surface area contributed by atoms with Crippen LogP contribution in [-0.4, -0.2) is 22.5 Å². The molecule has 54 heavy (non-hydrogen) atoms. The van der Waals surface area contributed by atoms with E-state index in [1.807, 2.05) is 0 Å². The minimum absolute atomic E-state index is 0.295. The minimum Gasteiger partial charge on any atom is -0.309 e. The molecule has 0 saturated carbocycles. The molecule has 9 aromatic rings. The van der Waals surface area contributed by atoms with Crippen LogP contribution in [-0.2, 0) is 0 Å². The van der Waals surface area contributed by atoms with Crippen LogP contribution in [0, 0.1) is 0 Å². The average molecular weight is 737 g/mol. The number of benzene rings is 7. The Kier molecular flexibility index (Phi) is 7.86. The highest BCUT2D eigenvalue weighted by molar-refractivity contribution is 7.98. The zero-order valence-electron chi connectivity index (χ0n) is 29.3. The molecule has 8 heteroatoms. The maximum Gasteiger partial charge on any atom is 0.0945 e. The first-order valence-corrected chi connectivity index (χ1v) is 20.2. The Morgan fingerprint density at radius 1 is 0.389 bits per heavy atom. The summed E-state index contributed by atoms with van der Waals surface area (Å²) in [4.78, 5) is 0. The molecule has 2 aromatic heterocycles. The molecule has 4 heterocycles. The maximum atomic E-state index is 3.47. The van der Waals surface area contributed by atoms with Crippen molar-refractivity contribution in [1.82, 2.24) is 29.2 Å². The van der Waals surface area contributed by atoms with E-state index in [1.165, 1.54) is 77.0 Å². The van der Waals surface area contributed by atoms with Crippen molar-refractivity contribution in [1.29, 1.82) is 0 Å². The Morgan fingerprint density at radius 3 is 1.13 bits per heavy atom. The molecule has 0 spiro atoms.